The maximum Gasteiger partial charge on any atom is 0.282 e. The number of ether oxygens (including phenoxy) is 1. The molecule has 0 radical (unpaired) electrons. The van der Waals surface area contributed by atoms with E-state index >= 15 is 0 Å². The number of hydrogen-bond acceptors (Lipinski definition) is 4. The Balaban J connectivity index is 1.74. The maximum atomic E-state index is 13.0. The van der Waals surface area contributed by atoms with Crippen molar-refractivity contribution < 1.29 is 17.9 Å². The highest BCUT2D eigenvalue weighted by molar-refractivity contribution is 7.86. The summed E-state index contributed by atoms with van der Waals surface area (Å²) in [5.41, 5.74) is 0.756. The Bertz CT molecular complexity index is 742. The normalized spacial score (nSPS) is 24.0. The number of piperidine rings is 1. The molecule has 26 heavy (non-hydrogen) atoms. The largest absolute Gasteiger partial charge is 0.497 e. The van der Waals surface area contributed by atoms with E-state index < -0.39 is 16.3 Å². The minimum Gasteiger partial charge on any atom is -0.497 e. The number of hydrogen-bond donors (Lipinski definition) is 0. The third-order valence-electron chi connectivity index (χ3n) is 5.35. The molecule has 0 unspecified atom stereocenters. The Morgan fingerprint density at radius 1 is 1.00 bits per heavy atom. The molecule has 7 nitrogen and oxygen atoms in total. The minimum atomic E-state index is -3.61. The van der Waals surface area contributed by atoms with Gasteiger partial charge < -0.3 is 9.64 Å². The van der Waals surface area contributed by atoms with E-state index in [0.717, 1.165) is 24.3 Å². The molecule has 1 aromatic rings. The Hall–Kier alpha value is -1.64. The van der Waals surface area contributed by atoms with Crippen LogP contribution in [0, 0.1) is 5.92 Å². The van der Waals surface area contributed by atoms with Gasteiger partial charge in [0, 0.05) is 31.9 Å². The summed E-state index contributed by atoms with van der Waals surface area (Å²) in [4.78, 5) is 14.5. The molecular formula is C18H27N3O4S. The molecule has 1 amide bonds. The van der Waals surface area contributed by atoms with Crippen molar-refractivity contribution in [3.8, 4) is 5.75 Å². The van der Waals surface area contributed by atoms with Crippen molar-refractivity contribution in [2.45, 2.75) is 32.7 Å². The second kappa shape index (κ2) is 7.54. The van der Waals surface area contributed by atoms with E-state index in [1.807, 2.05) is 12.1 Å². The lowest BCUT2D eigenvalue weighted by Gasteiger charge is -2.41. The van der Waals surface area contributed by atoms with Crippen LogP contribution in [0.2, 0.25) is 0 Å². The fraction of sp³-hybridized carbons (Fsp3) is 0.611. The number of carbonyl (C=O) groups excluding carboxylic acids is 1. The standard InChI is InChI=1S/C18H27N3O4S/c1-14-8-10-19(11-9-14)26(23,24)21-13-12-20(18(22)15(21)2)16-4-6-17(25-3)7-5-16/h4-7,14-15H,8-13H2,1-3H3/t15-/m0/s1. The van der Waals surface area contributed by atoms with Gasteiger partial charge in [-0.15, -0.1) is 0 Å². The van der Waals surface area contributed by atoms with Crippen LogP contribution >= 0.6 is 0 Å². The average molecular weight is 381 g/mol. The number of amides is 1. The summed E-state index contributed by atoms with van der Waals surface area (Å²) in [6.07, 6.45) is 1.74. The van der Waals surface area contributed by atoms with Gasteiger partial charge in [0.1, 0.15) is 11.8 Å². The average Bonchev–Trinajstić information content (AvgIpc) is 2.64. The first-order valence-corrected chi connectivity index (χ1v) is 10.5. The van der Waals surface area contributed by atoms with Crippen LogP contribution in [-0.2, 0) is 15.0 Å². The summed E-state index contributed by atoms with van der Waals surface area (Å²) >= 11 is 0. The molecule has 2 fully saturated rings. The second-order valence-electron chi connectivity index (χ2n) is 7.06. The highest BCUT2D eigenvalue weighted by Gasteiger charge is 2.42. The van der Waals surface area contributed by atoms with Crippen LogP contribution in [0.3, 0.4) is 0 Å². The molecule has 0 aliphatic carbocycles. The molecular weight excluding hydrogens is 354 g/mol. The molecule has 1 aromatic carbocycles. The molecule has 0 spiro atoms. The van der Waals surface area contributed by atoms with Crippen molar-refractivity contribution in [1.82, 2.24) is 8.61 Å². The smallest absolute Gasteiger partial charge is 0.282 e. The van der Waals surface area contributed by atoms with E-state index in [1.54, 1.807) is 31.1 Å². The van der Waals surface area contributed by atoms with Crippen molar-refractivity contribution in [2.75, 3.05) is 38.2 Å². The van der Waals surface area contributed by atoms with Crippen molar-refractivity contribution in [3.63, 3.8) is 0 Å². The van der Waals surface area contributed by atoms with Gasteiger partial charge in [-0.25, -0.2) is 0 Å². The lowest BCUT2D eigenvalue weighted by atomic mass is 10.0. The summed E-state index contributed by atoms with van der Waals surface area (Å²) < 4.78 is 34.0. The first kappa shape index (κ1) is 19.1. The molecule has 3 rings (SSSR count). The molecule has 1 atom stereocenters. The quantitative estimate of drug-likeness (QED) is 0.796. The number of piperazine rings is 1. The number of rotatable bonds is 4. The Morgan fingerprint density at radius 3 is 2.19 bits per heavy atom. The summed E-state index contributed by atoms with van der Waals surface area (Å²) in [5.74, 6) is 1.07. The number of methoxy groups -OCH3 is 1. The summed E-state index contributed by atoms with van der Waals surface area (Å²) in [6.45, 7) is 5.52. The summed E-state index contributed by atoms with van der Waals surface area (Å²) in [5, 5.41) is 0. The van der Waals surface area contributed by atoms with E-state index in [0.29, 0.717) is 32.1 Å². The van der Waals surface area contributed by atoms with Crippen LogP contribution in [0.25, 0.3) is 0 Å². The number of nitrogens with zero attached hydrogens (tertiary/aromatic N) is 3. The lowest BCUT2D eigenvalue weighted by Crippen LogP contribution is -2.60. The van der Waals surface area contributed by atoms with Crippen LogP contribution in [0.5, 0.6) is 5.75 Å². The third kappa shape index (κ3) is 3.58. The second-order valence-corrected chi connectivity index (χ2v) is 8.95. The molecule has 2 heterocycles. The van der Waals surface area contributed by atoms with Gasteiger partial charge >= 0.3 is 0 Å². The fourth-order valence-corrected chi connectivity index (χ4v) is 5.32. The van der Waals surface area contributed by atoms with E-state index in [1.165, 1.54) is 8.61 Å². The molecule has 0 N–H and O–H groups in total. The molecule has 2 aliphatic heterocycles. The van der Waals surface area contributed by atoms with Crippen LogP contribution in [0.1, 0.15) is 26.7 Å². The predicted octanol–water partition coefficient (Wildman–Crippen LogP) is 1.71. The maximum absolute atomic E-state index is 13.0. The Morgan fingerprint density at radius 2 is 1.62 bits per heavy atom. The van der Waals surface area contributed by atoms with Crippen molar-refractivity contribution >= 4 is 21.8 Å². The van der Waals surface area contributed by atoms with Crippen molar-refractivity contribution in [3.05, 3.63) is 24.3 Å². The number of benzene rings is 1. The monoisotopic (exact) mass is 381 g/mol. The zero-order valence-corrected chi connectivity index (χ0v) is 16.4. The first-order chi connectivity index (χ1) is 12.3. The Kier molecular flexibility index (Phi) is 5.55. The molecule has 0 aromatic heterocycles. The van der Waals surface area contributed by atoms with Gasteiger partial charge in [0.25, 0.3) is 10.2 Å². The molecule has 2 saturated heterocycles. The predicted molar refractivity (Wildman–Crippen MR) is 100 cm³/mol. The fourth-order valence-electron chi connectivity index (χ4n) is 3.55. The SMILES string of the molecule is COc1ccc(N2CCN(S(=O)(=O)N3CCC(C)CC3)[C@@H](C)C2=O)cc1. The van der Waals surface area contributed by atoms with Gasteiger partial charge in [0.2, 0.25) is 5.91 Å². The summed E-state index contributed by atoms with van der Waals surface area (Å²) in [7, 11) is -2.02. The molecule has 2 aliphatic rings. The zero-order chi connectivity index (χ0) is 18.9. The third-order valence-corrected chi connectivity index (χ3v) is 7.46. The number of anilines is 1. The van der Waals surface area contributed by atoms with Gasteiger partial charge in [-0.05, 0) is 49.9 Å². The highest BCUT2D eigenvalue weighted by atomic mass is 32.2. The molecule has 144 valence electrons. The van der Waals surface area contributed by atoms with Gasteiger partial charge in [-0.1, -0.05) is 6.92 Å². The number of carbonyl (C=O) groups is 1. The van der Waals surface area contributed by atoms with Crippen LogP contribution in [0.15, 0.2) is 24.3 Å². The highest BCUT2D eigenvalue weighted by Crippen LogP contribution is 2.27. The molecule has 0 bridgehead atoms. The van der Waals surface area contributed by atoms with Crippen molar-refractivity contribution in [1.29, 1.82) is 0 Å². The molecule has 0 saturated carbocycles. The zero-order valence-electron chi connectivity index (χ0n) is 15.6. The van der Waals surface area contributed by atoms with E-state index in [9.17, 15) is 13.2 Å². The van der Waals surface area contributed by atoms with Crippen LogP contribution in [-0.4, -0.2) is 62.3 Å². The minimum absolute atomic E-state index is 0.199. The van der Waals surface area contributed by atoms with Crippen LogP contribution in [0.4, 0.5) is 5.69 Å². The lowest BCUT2D eigenvalue weighted by molar-refractivity contribution is -0.123. The van der Waals surface area contributed by atoms with Gasteiger partial charge in [-0.3, -0.25) is 4.79 Å². The topological polar surface area (TPSA) is 70.2 Å². The summed E-state index contributed by atoms with van der Waals surface area (Å²) in [6, 6.07) is 6.52. The van der Waals surface area contributed by atoms with Gasteiger partial charge in [0.05, 0.1) is 7.11 Å². The van der Waals surface area contributed by atoms with E-state index in [-0.39, 0.29) is 5.91 Å². The Labute approximate surface area is 155 Å². The van der Waals surface area contributed by atoms with Gasteiger partial charge in [0.15, 0.2) is 0 Å². The van der Waals surface area contributed by atoms with E-state index in [4.69, 9.17) is 4.74 Å². The van der Waals surface area contributed by atoms with E-state index in [2.05, 4.69) is 6.92 Å². The first-order valence-electron chi connectivity index (χ1n) is 9.07. The van der Waals surface area contributed by atoms with Crippen LogP contribution < -0.4 is 9.64 Å². The molecule has 8 heteroatoms. The van der Waals surface area contributed by atoms with Gasteiger partial charge in [-0.2, -0.15) is 17.0 Å². The van der Waals surface area contributed by atoms with Crippen molar-refractivity contribution in [2.24, 2.45) is 5.92 Å².